The number of alkyl carbamates (subject to hydrolysis) is 2. The lowest BCUT2D eigenvalue weighted by atomic mass is 9.87. The Morgan fingerprint density at radius 2 is 1.89 bits per heavy atom. The molecule has 0 radical (unpaired) electrons. The highest BCUT2D eigenvalue weighted by Crippen LogP contribution is 2.23. The fraction of sp³-hybridized carbons (Fsp3) is 0.579. The maximum absolute atomic E-state index is 12.0. The largest absolute Gasteiger partial charge is 0.445 e. The zero-order chi connectivity index (χ0) is 20.6. The van der Waals surface area contributed by atoms with Crippen LogP contribution in [0.3, 0.4) is 0 Å². The minimum atomic E-state index is -0.612. The minimum Gasteiger partial charge on any atom is -0.445 e. The Labute approximate surface area is 164 Å². The van der Waals surface area contributed by atoms with Crippen molar-refractivity contribution < 1.29 is 19.1 Å². The Hall–Kier alpha value is -2.93. The lowest BCUT2D eigenvalue weighted by Crippen LogP contribution is -2.51. The van der Waals surface area contributed by atoms with Crippen LogP contribution in [0.2, 0.25) is 0 Å². The van der Waals surface area contributed by atoms with Gasteiger partial charge in [0, 0.05) is 17.0 Å². The molecule has 1 aliphatic rings. The molecule has 0 aromatic heterocycles. The van der Waals surface area contributed by atoms with Crippen LogP contribution in [0.15, 0.2) is 35.4 Å². The van der Waals surface area contributed by atoms with E-state index in [4.69, 9.17) is 15.0 Å². The van der Waals surface area contributed by atoms with Gasteiger partial charge in [-0.05, 0) is 51.1 Å². The van der Waals surface area contributed by atoms with Crippen molar-refractivity contribution >= 4 is 12.2 Å². The number of benzene rings is 1. The van der Waals surface area contributed by atoms with E-state index >= 15 is 0 Å². The first-order valence-corrected chi connectivity index (χ1v) is 9.28. The summed E-state index contributed by atoms with van der Waals surface area (Å²) in [6, 6.07) is 8.37. The molecule has 2 rings (SSSR count). The third-order valence-electron chi connectivity index (χ3n) is 4.25. The van der Waals surface area contributed by atoms with Gasteiger partial charge in [0.2, 0.25) is 0 Å². The van der Waals surface area contributed by atoms with Crippen LogP contribution < -0.4 is 10.6 Å². The Kier molecular flexibility index (Phi) is 7.52. The molecule has 0 saturated heterocycles. The molecule has 0 bridgehead atoms. The molecule has 2 N–H and O–H groups in total. The molecule has 3 atom stereocenters. The molecule has 1 fully saturated rings. The lowest BCUT2D eigenvalue weighted by Gasteiger charge is -2.34. The van der Waals surface area contributed by atoms with Gasteiger partial charge in [-0.3, -0.25) is 0 Å². The molecule has 9 nitrogen and oxygen atoms in total. The van der Waals surface area contributed by atoms with Crippen LogP contribution in [0.5, 0.6) is 0 Å². The van der Waals surface area contributed by atoms with Gasteiger partial charge in [0.25, 0.3) is 0 Å². The second kappa shape index (κ2) is 9.85. The maximum Gasteiger partial charge on any atom is 0.407 e. The summed E-state index contributed by atoms with van der Waals surface area (Å²) in [5.74, 6) is 0. The standard InChI is InChI=1S/C19H27N5O4/c1-19(2,3)28-18(26)22-15-10-9-14(11-16(15)23-24-20)21-17(25)27-12-13-7-5-4-6-8-13/h4-8,14-16H,9-12H2,1-3H3,(H,21,25)(H,22,26). The molecular formula is C19H27N5O4. The van der Waals surface area contributed by atoms with Crippen LogP contribution in [0.4, 0.5) is 9.59 Å². The third kappa shape index (κ3) is 7.36. The molecule has 3 unspecified atom stereocenters. The average Bonchev–Trinajstić information content (AvgIpc) is 2.62. The summed E-state index contributed by atoms with van der Waals surface area (Å²) >= 11 is 0. The number of nitrogens with one attached hydrogen (secondary N) is 2. The van der Waals surface area contributed by atoms with Gasteiger partial charge in [-0.1, -0.05) is 35.4 Å². The van der Waals surface area contributed by atoms with Crippen molar-refractivity contribution in [3.8, 4) is 0 Å². The number of nitrogens with zero attached hydrogens (tertiary/aromatic N) is 3. The highest BCUT2D eigenvalue weighted by molar-refractivity contribution is 5.68. The van der Waals surface area contributed by atoms with Gasteiger partial charge in [0.1, 0.15) is 12.2 Å². The number of carbonyl (C=O) groups is 2. The Balaban J connectivity index is 1.84. The van der Waals surface area contributed by atoms with Crippen LogP contribution in [0.25, 0.3) is 10.4 Å². The molecule has 1 aromatic rings. The summed E-state index contributed by atoms with van der Waals surface area (Å²) in [4.78, 5) is 26.9. The van der Waals surface area contributed by atoms with Crippen molar-refractivity contribution in [2.45, 2.75) is 70.4 Å². The van der Waals surface area contributed by atoms with Crippen LogP contribution in [-0.4, -0.2) is 35.9 Å². The second-order valence-corrected chi connectivity index (χ2v) is 7.74. The van der Waals surface area contributed by atoms with E-state index in [2.05, 4.69) is 20.7 Å². The van der Waals surface area contributed by atoms with E-state index in [1.54, 1.807) is 20.8 Å². The maximum atomic E-state index is 12.0. The molecule has 1 aromatic carbocycles. The van der Waals surface area contributed by atoms with E-state index < -0.39 is 23.8 Å². The fourth-order valence-electron chi connectivity index (χ4n) is 3.03. The van der Waals surface area contributed by atoms with Crippen LogP contribution in [0.1, 0.15) is 45.6 Å². The quantitative estimate of drug-likeness (QED) is 0.448. The summed E-state index contributed by atoms with van der Waals surface area (Å²) in [5, 5.41) is 9.35. The average molecular weight is 389 g/mol. The molecule has 28 heavy (non-hydrogen) atoms. The summed E-state index contributed by atoms with van der Waals surface area (Å²) in [7, 11) is 0. The summed E-state index contributed by atoms with van der Waals surface area (Å²) in [6.07, 6.45) is 0.506. The smallest absolute Gasteiger partial charge is 0.407 e. The highest BCUT2D eigenvalue weighted by atomic mass is 16.6. The van der Waals surface area contributed by atoms with Crippen molar-refractivity contribution in [2.24, 2.45) is 5.11 Å². The molecule has 0 spiro atoms. The first-order chi connectivity index (χ1) is 13.3. The zero-order valence-electron chi connectivity index (χ0n) is 16.4. The topological polar surface area (TPSA) is 125 Å². The number of hydrogen-bond acceptors (Lipinski definition) is 5. The van der Waals surface area contributed by atoms with Crippen LogP contribution in [0, 0.1) is 0 Å². The summed E-state index contributed by atoms with van der Waals surface area (Å²) < 4.78 is 10.5. The molecule has 0 aliphatic heterocycles. The number of azide groups is 1. The van der Waals surface area contributed by atoms with Crippen molar-refractivity contribution in [1.29, 1.82) is 0 Å². The summed E-state index contributed by atoms with van der Waals surface area (Å²) in [6.45, 7) is 5.51. The highest BCUT2D eigenvalue weighted by Gasteiger charge is 2.33. The van der Waals surface area contributed by atoms with E-state index in [1.165, 1.54) is 0 Å². The van der Waals surface area contributed by atoms with Gasteiger partial charge >= 0.3 is 12.2 Å². The van der Waals surface area contributed by atoms with Crippen LogP contribution in [-0.2, 0) is 16.1 Å². The fourth-order valence-corrected chi connectivity index (χ4v) is 3.03. The molecular weight excluding hydrogens is 362 g/mol. The SMILES string of the molecule is CC(C)(C)OC(=O)NC1CCC(NC(=O)OCc2ccccc2)CC1N=[N+]=[N-]. The van der Waals surface area contributed by atoms with Gasteiger partial charge < -0.3 is 20.1 Å². The van der Waals surface area contributed by atoms with Crippen molar-refractivity contribution in [1.82, 2.24) is 10.6 Å². The number of rotatable bonds is 5. The monoisotopic (exact) mass is 389 g/mol. The third-order valence-corrected chi connectivity index (χ3v) is 4.25. The van der Waals surface area contributed by atoms with Crippen molar-refractivity contribution in [3.05, 3.63) is 46.3 Å². The second-order valence-electron chi connectivity index (χ2n) is 7.74. The normalized spacial score (nSPS) is 21.8. The Bertz CT molecular complexity index is 713. The van der Waals surface area contributed by atoms with Gasteiger partial charge in [0.15, 0.2) is 0 Å². The minimum absolute atomic E-state index is 0.183. The summed E-state index contributed by atoms with van der Waals surface area (Å²) in [5.41, 5.74) is 9.12. The van der Waals surface area contributed by atoms with Crippen LogP contribution >= 0.6 is 0 Å². The van der Waals surface area contributed by atoms with Gasteiger partial charge in [-0.25, -0.2) is 9.59 Å². The molecule has 1 aliphatic carbocycles. The number of ether oxygens (including phenoxy) is 2. The van der Waals surface area contributed by atoms with Crippen molar-refractivity contribution in [3.63, 3.8) is 0 Å². The first kappa shape index (κ1) is 21.4. The molecule has 2 amide bonds. The number of hydrogen-bond donors (Lipinski definition) is 2. The molecule has 0 heterocycles. The number of carbonyl (C=O) groups excluding carboxylic acids is 2. The molecule has 9 heteroatoms. The van der Waals surface area contributed by atoms with E-state index in [-0.39, 0.29) is 18.7 Å². The predicted molar refractivity (Wildman–Crippen MR) is 103 cm³/mol. The van der Waals surface area contributed by atoms with Crippen molar-refractivity contribution in [2.75, 3.05) is 0 Å². The Morgan fingerprint density at radius 1 is 1.18 bits per heavy atom. The van der Waals surface area contributed by atoms with E-state index in [9.17, 15) is 9.59 Å². The predicted octanol–water partition coefficient (Wildman–Crippen LogP) is 4.04. The number of amides is 2. The van der Waals surface area contributed by atoms with E-state index in [0.717, 1.165) is 5.56 Å². The van der Waals surface area contributed by atoms with Gasteiger partial charge in [-0.2, -0.15) is 0 Å². The Morgan fingerprint density at radius 3 is 2.54 bits per heavy atom. The first-order valence-electron chi connectivity index (χ1n) is 9.28. The zero-order valence-corrected chi connectivity index (χ0v) is 16.4. The molecule has 152 valence electrons. The molecule has 1 saturated carbocycles. The van der Waals surface area contributed by atoms with Gasteiger partial charge in [-0.15, -0.1) is 0 Å². The van der Waals surface area contributed by atoms with Gasteiger partial charge in [0.05, 0.1) is 6.04 Å². The van der Waals surface area contributed by atoms with E-state index in [0.29, 0.717) is 19.3 Å². The lowest BCUT2D eigenvalue weighted by molar-refractivity contribution is 0.0479. The van der Waals surface area contributed by atoms with E-state index in [1.807, 2.05) is 30.3 Å².